The number of fused-ring (bicyclic) bond motifs is 1. The van der Waals surface area contributed by atoms with Crippen LogP contribution < -0.4 is 0 Å². The average molecular weight is 167 g/mol. The summed E-state index contributed by atoms with van der Waals surface area (Å²) in [5, 5.41) is 19.2. The van der Waals surface area contributed by atoms with Crippen molar-refractivity contribution in [1.29, 1.82) is 0 Å². The fourth-order valence-corrected chi connectivity index (χ4v) is 1.79. The van der Waals surface area contributed by atoms with E-state index in [0.717, 1.165) is 24.0 Å². The summed E-state index contributed by atoms with van der Waals surface area (Å²) in [6, 6.07) is 0. The Bertz CT molecular complexity index is 231. The lowest BCUT2D eigenvalue weighted by molar-refractivity contribution is -0.0181. The topological polar surface area (TPSA) is 43.7 Å². The van der Waals surface area contributed by atoms with Crippen molar-refractivity contribution in [3.63, 3.8) is 0 Å². The average Bonchev–Trinajstić information content (AvgIpc) is 2.33. The van der Waals surface area contributed by atoms with Crippen LogP contribution in [0.3, 0.4) is 0 Å². The Balaban J connectivity index is 2.38. The van der Waals surface area contributed by atoms with Gasteiger partial charge in [0.05, 0.1) is 0 Å². The van der Waals surface area contributed by atoms with Crippen molar-refractivity contribution in [2.75, 3.05) is 7.05 Å². The number of allylic oxidation sites excluding steroid dienone is 2. The fraction of sp³-hybridized carbons (Fsp3) is 0.556. The van der Waals surface area contributed by atoms with Crippen molar-refractivity contribution in [2.45, 2.75) is 25.3 Å². The van der Waals surface area contributed by atoms with E-state index in [0.29, 0.717) is 0 Å². The molecule has 0 spiro atoms. The lowest BCUT2D eigenvalue weighted by atomic mass is 9.99. The van der Waals surface area contributed by atoms with Crippen LogP contribution in [-0.4, -0.2) is 34.6 Å². The van der Waals surface area contributed by atoms with E-state index < -0.39 is 12.5 Å². The molecule has 0 bridgehead atoms. The molecule has 1 fully saturated rings. The zero-order valence-corrected chi connectivity index (χ0v) is 7.07. The van der Waals surface area contributed by atoms with E-state index in [1.54, 1.807) is 11.9 Å². The van der Waals surface area contributed by atoms with Crippen LogP contribution in [0.2, 0.25) is 0 Å². The second kappa shape index (κ2) is 2.69. The maximum atomic E-state index is 9.62. The van der Waals surface area contributed by atoms with E-state index in [4.69, 9.17) is 0 Å². The number of hydrogen-bond acceptors (Lipinski definition) is 3. The van der Waals surface area contributed by atoms with Crippen molar-refractivity contribution < 1.29 is 10.2 Å². The van der Waals surface area contributed by atoms with Crippen molar-refractivity contribution >= 4 is 0 Å². The van der Waals surface area contributed by atoms with Crippen LogP contribution in [-0.2, 0) is 0 Å². The van der Waals surface area contributed by atoms with Crippen LogP contribution >= 0.6 is 0 Å². The van der Waals surface area contributed by atoms with Crippen molar-refractivity contribution in [1.82, 2.24) is 4.90 Å². The highest BCUT2D eigenvalue weighted by atomic mass is 16.3. The SMILES string of the molecule is CN1C(O)C2=CCCC=C2C1O. The number of rotatable bonds is 0. The summed E-state index contributed by atoms with van der Waals surface area (Å²) < 4.78 is 0. The predicted molar refractivity (Wildman–Crippen MR) is 45.2 cm³/mol. The predicted octanol–water partition coefficient (Wildman–Crippen LogP) is 0.215. The van der Waals surface area contributed by atoms with Gasteiger partial charge in [0.15, 0.2) is 0 Å². The highest BCUT2D eigenvalue weighted by Gasteiger charge is 2.36. The second-order valence-corrected chi connectivity index (χ2v) is 3.31. The molecule has 0 radical (unpaired) electrons. The lowest BCUT2D eigenvalue weighted by Crippen LogP contribution is -2.32. The first-order valence-corrected chi connectivity index (χ1v) is 4.20. The van der Waals surface area contributed by atoms with Crippen LogP contribution in [0.25, 0.3) is 0 Å². The Labute approximate surface area is 71.6 Å². The van der Waals surface area contributed by atoms with Gasteiger partial charge in [0.25, 0.3) is 0 Å². The summed E-state index contributed by atoms with van der Waals surface area (Å²) in [5.74, 6) is 0. The Morgan fingerprint density at radius 2 is 1.58 bits per heavy atom. The van der Waals surface area contributed by atoms with E-state index in [-0.39, 0.29) is 0 Å². The summed E-state index contributed by atoms with van der Waals surface area (Å²) in [4.78, 5) is 1.56. The molecule has 1 heterocycles. The molecule has 0 aromatic rings. The van der Waals surface area contributed by atoms with E-state index in [9.17, 15) is 10.2 Å². The monoisotopic (exact) mass is 167 g/mol. The van der Waals surface area contributed by atoms with Gasteiger partial charge in [0, 0.05) is 0 Å². The molecule has 2 N–H and O–H groups in total. The van der Waals surface area contributed by atoms with Crippen molar-refractivity contribution in [3.8, 4) is 0 Å². The summed E-state index contributed by atoms with van der Waals surface area (Å²) >= 11 is 0. The highest BCUT2D eigenvalue weighted by molar-refractivity contribution is 5.42. The van der Waals surface area contributed by atoms with Gasteiger partial charge >= 0.3 is 0 Å². The number of likely N-dealkylation sites (tertiary alicyclic amines) is 1. The number of aliphatic hydroxyl groups excluding tert-OH is 2. The lowest BCUT2D eigenvalue weighted by Gasteiger charge is -2.16. The first-order valence-electron chi connectivity index (χ1n) is 4.20. The molecule has 2 aliphatic rings. The van der Waals surface area contributed by atoms with Gasteiger partial charge in [-0.05, 0) is 31.0 Å². The molecule has 3 heteroatoms. The minimum atomic E-state index is -0.619. The largest absolute Gasteiger partial charge is 0.374 e. The van der Waals surface area contributed by atoms with E-state index in [1.165, 1.54) is 0 Å². The Morgan fingerprint density at radius 3 is 2.00 bits per heavy atom. The highest BCUT2D eigenvalue weighted by Crippen LogP contribution is 2.33. The third kappa shape index (κ3) is 0.941. The number of nitrogens with zero attached hydrogens (tertiary/aromatic N) is 1. The molecular formula is C9H13NO2. The zero-order chi connectivity index (χ0) is 8.72. The molecule has 0 aromatic carbocycles. The molecule has 0 saturated carbocycles. The first-order chi connectivity index (χ1) is 5.72. The van der Waals surface area contributed by atoms with Gasteiger partial charge in [-0.15, -0.1) is 0 Å². The molecule has 66 valence electrons. The molecule has 1 aliphatic carbocycles. The molecular weight excluding hydrogens is 154 g/mol. The molecule has 1 aliphatic heterocycles. The molecule has 0 aromatic heterocycles. The van der Waals surface area contributed by atoms with Gasteiger partial charge in [0.2, 0.25) is 0 Å². The number of hydrogen-bond donors (Lipinski definition) is 2. The molecule has 0 amide bonds. The molecule has 2 rings (SSSR count). The molecule has 2 unspecified atom stereocenters. The quantitative estimate of drug-likeness (QED) is 0.542. The van der Waals surface area contributed by atoms with E-state index >= 15 is 0 Å². The summed E-state index contributed by atoms with van der Waals surface area (Å²) in [6.07, 6.45) is 4.71. The Kier molecular flexibility index (Phi) is 1.79. The summed E-state index contributed by atoms with van der Waals surface area (Å²) in [7, 11) is 1.72. The molecule has 2 atom stereocenters. The van der Waals surface area contributed by atoms with Gasteiger partial charge in [0.1, 0.15) is 12.5 Å². The normalized spacial score (nSPS) is 35.9. The maximum absolute atomic E-state index is 9.62. The van der Waals surface area contributed by atoms with Gasteiger partial charge in [-0.2, -0.15) is 0 Å². The van der Waals surface area contributed by atoms with Gasteiger partial charge < -0.3 is 10.2 Å². The van der Waals surface area contributed by atoms with Gasteiger partial charge in [-0.25, -0.2) is 4.90 Å². The van der Waals surface area contributed by atoms with Crippen molar-refractivity contribution in [2.24, 2.45) is 0 Å². The van der Waals surface area contributed by atoms with Crippen molar-refractivity contribution in [3.05, 3.63) is 23.3 Å². The van der Waals surface area contributed by atoms with Crippen LogP contribution in [0, 0.1) is 0 Å². The number of likely N-dealkylation sites (N-methyl/N-ethyl adjacent to an activating group) is 1. The standard InChI is InChI=1S/C9H13NO2/c1-10-8(11)6-4-2-3-5-7(6)9(10)12/h4-5,8-9,11-12H,2-3H2,1H3. The number of aliphatic hydroxyl groups is 2. The third-order valence-electron chi connectivity index (χ3n) is 2.56. The first kappa shape index (κ1) is 7.98. The van der Waals surface area contributed by atoms with E-state index in [2.05, 4.69) is 0 Å². The van der Waals surface area contributed by atoms with Crippen LogP contribution in [0.15, 0.2) is 23.3 Å². The zero-order valence-electron chi connectivity index (χ0n) is 7.07. The van der Waals surface area contributed by atoms with Crippen LogP contribution in [0.4, 0.5) is 0 Å². The molecule has 12 heavy (non-hydrogen) atoms. The summed E-state index contributed by atoms with van der Waals surface area (Å²) in [5.41, 5.74) is 1.77. The maximum Gasteiger partial charge on any atom is 0.135 e. The summed E-state index contributed by atoms with van der Waals surface area (Å²) in [6.45, 7) is 0. The van der Waals surface area contributed by atoms with Gasteiger partial charge in [-0.1, -0.05) is 12.2 Å². The Morgan fingerprint density at radius 1 is 1.17 bits per heavy atom. The third-order valence-corrected chi connectivity index (χ3v) is 2.56. The molecule has 3 nitrogen and oxygen atoms in total. The Hall–Kier alpha value is -0.640. The molecule has 1 saturated heterocycles. The van der Waals surface area contributed by atoms with Gasteiger partial charge in [-0.3, -0.25) is 0 Å². The minimum absolute atomic E-state index is 0.619. The fourth-order valence-electron chi connectivity index (χ4n) is 1.79. The smallest absolute Gasteiger partial charge is 0.135 e. The minimum Gasteiger partial charge on any atom is -0.374 e. The van der Waals surface area contributed by atoms with E-state index in [1.807, 2.05) is 12.2 Å². The van der Waals surface area contributed by atoms with Crippen LogP contribution in [0.5, 0.6) is 0 Å². The van der Waals surface area contributed by atoms with Crippen LogP contribution in [0.1, 0.15) is 12.8 Å². The second-order valence-electron chi connectivity index (χ2n) is 3.31.